The standard InChI is InChI=1S/C28H25N3O3S.C2H6/c1-3-34-23-16-14-21(15-17-23)27-20-25-26(30(2)22-10-6-4-7-11-22)18-19-29-28(25)31(27)35(32,33)24-12-8-5-9-13-24;1-2/h4-20H,3H2,1-2H3;1-2H3. The molecular weight excluding hydrogens is 482 g/mol. The first-order valence-corrected chi connectivity index (χ1v) is 13.8. The molecule has 0 atom stereocenters. The number of anilines is 2. The van der Waals surface area contributed by atoms with E-state index in [1.165, 1.54) is 3.97 Å². The summed E-state index contributed by atoms with van der Waals surface area (Å²) in [5.74, 6) is 0.729. The molecule has 2 heterocycles. The van der Waals surface area contributed by atoms with Crippen LogP contribution in [0.1, 0.15) is 20.8 Å². The van der Waals surface area contributed by atoms with Gasteiger partial charge in [0.05, 0.1) is 22.9 Å². The van der Waals surface area contributed by atoms with E-state index in [0.29, 0.717) is 17.9 Å². The molecule has 0 spiro atoms. The normalized spacial score (nSPS) is 11.0. The molecule has 37 heavy (non-hydrogen) atoms. The van der Waals surface area contributed by atoms with Crippen molar-refractivity contribution in [1.29, 1.82) is 0 Å². The van der Waals surface area contributed by atoms with Crippen LogP contribution in [0.25, 0.3) is 22.3 Å². The van der Waals surface area contributed by atoms with Crippen LogP contribution in [0.2, 0.25) is 0 Å². The number of aromatic nitrogens is 2. The maximum atomic E-state index is 13.9. The van der Waals surface area contributed by atoms with Gasteiger partial charge in [-0.15, -0.1) is 0 Å². The van der Waals surface area contributed by atoms with Crippen LogP contribution in [0.4, 0.5) is 11.4 Å². The van der Waals surface area contributed by atoms with Crippen molar-refractivity contribution in [3.63, 3.8) is 0 Å². The molecule has 0 unspecified atom stereocenters. The number of hydrogen-bond acceptors (Lipinski definition) is 5. The number of para-hydroxylation sites is 1. The molecule has 5 rings (SSSR count). The quantitative estimate of drug-likeness (QED) is 0.232. The molecule has 3 aromatic carbocycles. The van der Waals surface area contributed by atoms with Gasteiger partial charge < -0.3 is 9.64 Å². The van der Waals surface area contributed by atoms with Crippen LogP contribution in [0.5, 0.6) is 5.75 Å². The van der Waals surface area contributed by atoms with Crippen LogP contribution >= 0.6 is 0 Å². The van der Waals surface area contributed by atoms with Gasteiger partial charge in [0.15, 0.2) is 5.65 Å². The minimum absolute atomic E-state index is 0.202. The van der Waals surface area contributed by atoms with E-state index in [1.807, 2.05) is 99.4 Å². The van der Waals surface area contributed by atoms with Crippen LogP contribution in [-0.2, 0) is 10.0 Å². The summed E-state index contributed by atoms with van der Waals surface area (Å²) in [6, 6.07) is 29.6. The third-order valence-electron chi connectivity index (χ3n) is 5.89. The molecule has 0 aliphatic heterocycles. The Morgan fingerprint density at radius 3 is 2.11 bits per heavy atom. The molecule has 0 bridgehead atoms. The van der Waals surface area contributed by atoms with E-state index in [0.717, 1.165) is 28.1 Å². The third kappa shape index (κ3) is 5.08. The molecule has 6 nitrogen and oxygen atoms in total. The summed E-state index contributed by atoms with van der Waals surface area (Å²) in [6.45, 7) is 6.48. The summed E-state index contributed by atoms with van der Waals surface area (Å²) in [7, 11) is -1.96. The van der Waals surface area contributed by atoms with Crippen LogP contribution in [0.15, 0.2) is 108 Å². The van der Waals surface area contributed by atoms with Gasteiger partial charge in [-0.1, -0.05) is 50.2 Å². The summed E-state index contributed by atoms with van der Waals surface area (Å²) in [5.41, 5.74) is 3.50. The van der Waals surface area contributed by atoms with Gasteiger partial charge in [0.25, 0.3) is 10.0 Å². The van der Waals surface area contributed by atoms with Gasteiger partial charge in [0.2, 0.25) is 0 Å². The number of nitrogens with zero attached hydrogens (tertiary/aromatic N) is 3. The first-order valence-electron chi connectivity index (χ1n) is 12.3. The number of pyridine rings is 1. The molecule has 0 aliphatic carbocycles. The Kier molecular flexibility index (Phi) is 7.94. The fraction of sp³-hybridized carbons (Fsp3) is 0.167. The molecule has 0 radical (unpaired) electrons. The monoisotopic (exact) mass is 513 g/mol. The summed E-state index contributed by atoms with van der Waals surface area (Å²) in [5, 5.41) is 0.738. The van der Waals surface area contributed by atoms with Gasteiger partial charge in [-0.2, -0.15) is 0 Å². The number of hydrogen-bond donors (Lipinski definition) is 0. The predicted molar refractivity (Wildman–Crippen MR) is 151 cm³/mol. The Morgan fingerprint density at radius 2 is 1.49 bits per heavy atom. The highest BCUT2D eigenvalue weighted by atomic mass is 32.2. The van der Waals surface area contributed by atoms with Crippen LogP contribution < -0.4 is 9.64 Å². The zero-order valence-electron chi connectivity index (χ0n) is 21.5. The number of benzene rings is 3. The fourth-order valence-corrected chi connectivity index (χ4v) is 5.68. The highest BCUT2D eigenvalue weighted by Crippen LogP contribution is 2.37. The molecule has 0 N–H and O–H groups in total. The van der Waals surface area contributed by atoms with Crippen molar-refractivity contribution in [3.05, 3.63) is 103 Å². The Labute approximate surface area is 218 Å². The molecular formula is C30H31N3O3S. The van der Waals surface area contributed by atoms with Crippen molar-refractivity contribution in [2.75, 3.05) is 18.6 Å². The SMILES string of the molecule is CC.CCOc1ccc(-c2cc3c(N(C)c4ccccc4)ccnc3n2S(=O)(=O)c2ccccc2)cc1. The second-order valence-electron chi connectivity index (χ2n) is 8.03. The van der Waals surface area contributed by atoms with E-state index in [2.05, 4.69) is 4.98 Å². The maximum absolute atomic E-state index is 13.9. The second kappa shape index (κ2) is 11.3. The Morgan fingerprint density at radius 1 is 0.865 bits per heavy atom. The van der Waals surface area contributed by atoms with Crippen molar-refractivity contribution >= 4 is 32.4 Å². The van der Waals surface area contributed by atoms with Gasteiger partial charge in [0, 0.05) is 24.3 Å². The van der Waals surface area contributed by atoms with E-state index >= 15 is 0 Å². The average molecular weight is 514 g/mol. The van der Waals surface area contributed by atoms with Crippen molar-refractivity contribution in [1.82, 2.24) is 8.96 Å². The number of rotatable bonds is 7. The van der Waals surface area contributed by atoms with Gasteiger partial charge in [-0.3, -0.25) is 0 Å². The fourth-order valence-electron chi connectivity index (χ4n) is 4.18. The lowest BCUT2D eigenvalue weighted by Crippen LogP contribution is -2.15. The molecule has 190 valence electrons. The second-order valence-corrected chi connectivity index (χ2v) is 9.82. The Hall–Kier alpha value is -4.10. The average Bonchev–Trinajstić information content (AvgIpc) is 3.36. The predicted octanol–water partition coefficient (Wildman–Crippen LogP) is 7.13. The lowest BCUT2D eigenvalue weighted by molar-refractivity contribution is 0.340. The Bertz CT molecular complexity index is 1560. The van der Waals surface area contributed by atoms with Crippen LogP contribution in [-0.4, -0.2) is 31.0 Å². The lowest BCUT2D eigenvalue weighted by atomic mass is 10.1. The zero-order valence-corrected chi connectivity index (χ0v) is 22.3. The van der Waals surface area contributed by atoms with Crippen molar-refractivity contribution in [2.45, 2.75) is 25.7 Å². The molecule has 7 heteroatoms. The zero-order chi connectivity index (χ0) is 26.4. The van der Waals surface area contributed by atoms with E-state index in [-0.39, 0.29) is 4.90 Å². The summed E-state index contributed by atoms with van der Waals surface area (Å²) in [4.78, 5) is 6.77. The Balaban J connectivity index is 0.00000156. The topological polar surface area (TPSA) is 64.4 Å². The molecule has 2 aromatic heterocycles. The molecule has 0 saturated heterocycles. The molecule has 5 aromatic rings. The van der Waals surface area contributed by atoms with Crippen LogP contribution in [0.3, 0.4) is 0 Å². The summed E-state index contributed by atoms with van der Waals surface area (Å²) < 4.78 is 34.7. The molecule has 0 aliphatic rings. The minimum atomic E-state index is -3.92. The van der Waals surface area contributed by atoms with Crippen molar-refractivity contribution < 1.29 is 13.2 Å². The largest absolute Gasteiger partial charge is 0.494 e. The van der Waals surface area contributed by atoms with E-state index in [9.17, 15) is 8.42 Å². The van der Waals surface area contributed by atoms with E-state index in [4.69, 9.17) is 4.74 Å². The maximum Gasteiger partial charge on any atom is 0.269 e. The van der Waals surface area contributed by atoms with Gasteiger partial charge in [0.1, 0.15) is 5.75 Å². The van der Waals surface area contributed by atoms with Gasteiger partial charge in [-0.25, -0.2) is 17.4 Å². The van der Waals surface area contributed by atoms with E-state index < -0.39 is 10.0 Å². The van der Waals surface area contributed by atoms with Gasteiger partial charge >= 0.3 is 0 Å². The smallest absolute Gasteiger partial charge is 0.269 e. The van der Waals surface area contributed by atoms with E-state index in [1.54, 1.807) is 36.5 Å². The van der Waals surface area contributed by atoms with Crippen molar-refractivity contribution in [2.24, 2.45) is 0 Å². The summed E-state index contributed by atoms with van der Waals surface area (Å²) in [6.07, 6.45) is 1.65. The highest BCUT2D eigenvalue weighted by molar-refractivity contribution is 7.90. The minimum Gasteiger partial charge on any atom is -0.494 e. The third-order valence-corrected chi connectivity index (χ3v) is 7.60. The molecule has 0 fully saturated rings. The van der Waals surface area contributed by atoms with Crippen molar-refractivity contribution in [3.8, 4) is 17.0 Å². The first-order chi connectivity index (χ1) is 18.0. The van der Waals surface area contributed by atoms with Gasteiger partial charge in [-0.05, 0) is 73.2 Å². The number of ether oxygens (including phenoxy) is 1. The number of fused-ring (bicyclic) bond motifs is 1. The van der Waals surface area contributed by atoms with Crippen LogP contribution in [0, 0.1) is 0 Å². The summed E-state index contributed by atoms with van der Waals surface area (Å²) >= 11 is 0. The molecule has 0 saturated carbocycles. The lowest BCUT2D eigenvalue weighted by Gasteiger charge is -2.20. The first kappa shape index (κ1) is 26.0. The molecule has 0 amide bonds. The highest BCUT2D eigenvalue weighted by Gasteiger charge is 2.26.